The zero-order valence-corrected chi connectivity index (χ0v) is 14.6. The van der Waals surface area contributed by atoms with Gasteiger partial charge in [-0.15, -0.1) is 0 Å². The van der Waals surface area contributed by atoms with E-state index in [9.17, 15) is 4.79 Å². The van der Waals surface area contributed by atoms with Gasteiger partial charge < -0.3 is 4.74 Å². The number of unbranched alkanes of at least 4 members (excludes halogenated alkanes) is 7. The minimum absolute atomic E-state index is 0.196. The number of benzene rings is 1. The van der Waals surface area contributed by atoms with Gasteiger partial charge in [-0.1, -0.05) is 77.8 Å². The molecule has 0 aliphatic heterocycles. The van der Waals surface area contributed by atoms with Gasteiger partial charge in [0.1, 0.15) is 0 Å². The molecule has 0 atom stereocenters. The van der Waals surface area contributed by atoms with Crippen LogP contribution in [0.4, 0.5) is 0 Å². The molecule has 0 saturated carbocycles. The summed E-state index contributed by atoms with van der Waals surface area (Å²) in [5.74, 6) is 0.292. The topological polar surface area (TPSA) is 26.3 Å². The van der Waals surface area contributed by atoms with Crippen LogP contribution in [0.1, 0.15) is 94.0 Å². The van der Waals surface area contributed by atoms with E-state index in [0.717, 1.165) is 12.8 Å². The third-order valence-electron chi connectivity index (χ3n) is 4.04. The molecule has 0 spiro atoms. The molecule has 2 nitrogen and oxygen atoms in total. The van der Waals surface area contributed by atoms with E-state index >= 15 is 0 Å². The summed E-state index contributed by atoms with van der Waals surface area (Å²) in [4.78, 5) is 11.9. The van der Waals surface area contributed by atoms with Crippen molar-refractivity contribution in [2.45, 2.75) is 78.1 Å². The first kappa shape index (κ1) is 18.7. The average molecular weight is 304 g/mol. The Hall–Kier alpha value is -1.31. The van der Waals surface area contributed by atoms with Crippen LogP contribution in [-0.2, 0) is 4.74 Å². The SMILES string of the molecule is CCCCCCCCCCOC(=O)c1ccc(C(C)C)cc1. The first-order valence-electron chi connectivity index (χ1n) is 8.92. The summed E-state index contributed by atoms with van der Waals surface area (Å²) in [6.45, 7) is 7.08. The van der Waals surface area contributed by atoms with Crippen molar-refractivity contribution < 1.29 is 9.53 Å². The summed E-state index contributed by atoms with van der Waals surface area (Å²) in [7, 11) is 0. The molecule has 1 rings (SSSR count). The molecule has 0 aliphatic carbocycles. The summed E-state index contributed by atoms with van der Waals surface area (Å²) < 4.78 is 5.33. The highest BCUT2D eigenvalue weighted by molar-refractivity contribution is 5.89. The lowest BCUT2D eigenvalue weighted by Crippen LogP contribution is -2.06. The highest BCUT2D eigenvalue weighted by Gasteiger charge is 2.07. The monoisotopic (exact) mass is 304 g/mol. The van der Waals surface area contributed by atoms with Crippen LogP contribution in [0.25, 0.3) is 0 Å². The van der Waals surface area contributed by atoms with Gasteiger partial charge in [0, 0.05) is 0 Å². The molecule has 0 N–H and O–H groups in total. The van der Waals surface area contributed by atoms with Crippen molar-refractivity contribution in [2.75, 3.05) is 6.61 Å². The Balaban J connectivity index is 2.10. The molecule has 0 saturated heterocycles. The fraction of sp³-hybridized carbons (Fsp3) is 0.650. The molecule has 0 heterocycles. The third-order valence-corrected chi connectivity index (χ3v) is 4.04. The summed E-state index contributed by atoms with van der Waals surface area (Å²) in [6, 6.07) is 7.76. The van der Waals surface area contributed by atoms with Crippen molar-refractivity contribution in [1.82, 2.24) is 0 Å². The van der Waals surface area contributed by atoms with E-state index in [4.69, 9.17) is 4.74 Å². The quantitative estimate of drug-likeness (QED) is 0.364. The van der Waals surface area contributed by atoms with Crippen LogP contribution in [0, 0.1) is 0 Å². The first-order valence-corrected chi connectivity index (χ1v) is 8.92. The van der Waals surface area contributed by atoms with Crippen LogP contribution >= 0.6 is 0 Å². The van der Waals surface area contributed by atoms with E-state index in [-0.39, 0.29) is 5.97 Å². The predicted molar refractivity (Wildman–Crippen MR) is 93.4 cm³/mol. The summed E-state index contributed by atoms with van der Waals surface area (Å²) in [5, 5.41) is 0. The fourth-order valence-electron chi connectivity index (χ4n) is 2.49. The maximum atomic E-state index is 11.9. The van der Waals surface area contributed by atoms with Crippen molar-refractivity contribution in [1.29, 1.82) is 0 Å². The zero-order valence-electron chi connectivity index (χ0n) is 14.6. The maximum absolute atomic E-state index is 11.9. The number of hydrogen-bond donors (Lipinski definition) is 0. The molecular formula is C20H32O2. The average Bonchev–Trinajstić information content (AvgIpc) is 2.53. The molecule has 0 fully saturated rings. The molecule has 22 heavy (non-hydrogen) atoms. The van der Waals surface area contributed by atoms with Crippen LogP contribution in [0.5, 0.6) is 0 Å². The summed E-state index contributed by atoms with van der Waals surface area (Å²) in [6.07, 6.45) is 10.1. The standard InChI is InChI=1S/C20H32O2/c1-4-5-6-7-8-9-10-11-16-22-20(21)19-14-12-18(13-15-19)17(2)3/h12-15,17H,4-11,16H2,1-3H3. The molecular weight excluding hydrogens is 272 g/mol. The van der Waals surface area contributed by atoms with Gasteiger partial charge in [-0.25, -0.2) is 4.79 Å². The van der Waals surface area contributed by atoms with Gasteiger partial charge in [0.2, 0.25) is 0 Å². The molecule has 1 aromatic rings. The van der Waals surface area contributed by atoms with Gasteiger partial charge in [-0.05, 0) is 30.0 Å². The van der Waals surface area contributed by atoms with E-state index in [1.165, 1.54) is 44.1 Å². The van der Waals surface area contributed by atoms with Crippen LogP contribution in [0.3, 0.4) is 0 Å². The van der Waals surface area contributed by atoms with E-state index in [0.29, 0.717) is 18.1 Å². The predicted octanol–water partition coefficient (Wildman–Crippen LogP) is 6.11. The van der Waals surface area contributed by atoms with Gasteiger partial charge in [0.05, 0.1) is 12.2 Å². The van der Waals surface area contributed by atoms with E-state index in [1.54, 1.807) is 0 Å². The number of esters is 1. The van der Waals surface area contributed by atoms with Gasteiger partial charge in [-0.2, -0.15) is 0 Å². The second-order valence-electron chi connectivity index (χ2n) is 6.39. The van der Waals surface area contributed by atoms with Crippen molar-refractivity contribution in [2.24, 2.45) is 0 Å². The smallest absolute Gasteiger partial charge is 0.338 e. The van der Waals surface area contributed by atoms with Gasteiger partial charge >= 0.3 is 5.97 Å². The first-order chi connectivity index (χ1) is 10.6. The second kappa shape index (κ2) is 11.3. The van der Waals surface area contributed by atoms with Crippen molar-refractivity contribution in [3.05, 3.63) is 35.4 Å². The molecule has 0 amide bonds. The van der Waals surface area contributed by atoms with Crippen LogP contribution < -0.4 is 0 Å². The van der Waals surface area contributed by atoms with Gasteiger partial charge in [-0.3, -0.25) is 0 Å². The number of rotatable bonds is 11. The molecule has 0 bridgehead atoms. The number of hydrogen-bond acceptors (Lipinski definition) is 2. The highest BCUT2D eigenvalue weighted by Crippen LogP contribution is 2.15. The third kappa shape index (κ3) is 7.63. The maximum Gasteiger partial charge on any atom is 0.338 e. The normalized spacial score (nSPS) is 10.9. The second-order valence-corrected chi connectivity index (χ2v) is 6.39. The summed E-state index contributed by atoms with van der Waals surface area (Å²) in [5.41, 5.74) is 1.91. The number of ether oxygens (including phenoxy) is 1. The Kier molecular flexibility index (Phi) is 9.61. The lowest BCUT2D eigenvalue weighted by atomic mass is 10.0. The number of carbonyl (C=O) groups excluding carboxylic acids is 1. The van der Waals surface area contributed by atoms with Gasteiger partial charge in [0.15, 0.2) is 0 Å². The van der Waals surface area contributed by atoms with Crippen LogP contribution in [-0.4, -0.2) is 12.6 Å². The van der Waals surface area contributed by atoms with Crippen LogP contribution in [0.15, 0.2) is 24.3 Å². The van der Waals surface area contributed by atoms with E-state index in [1.807, 2.05) is 24.3 Å². The van der Waals surface area contributed by atoms with Gasteiger partial charge in [0.25, 0.3) is 0 Å². The van der Waals surface area contributed by atoms with Crippen molar-refractivity contribution in [3.8, 4) is 0 Å². The van der Waals surface area contributed by atoms with Crippen molar-refractivity contribution >= 4 is 5.97 Å². The molecule has 1 aromatic carbocycles. The van der Waals surface area contributed by atoms with Crippen molar-refractivity contribution in [3.63, 3.8) is 0 Å². The fourth-order valence-corrected chi connectivity index (χ4v) is 2.49. The Bertz CT molecular complexity index is 406. The molecule has 0 aliphatic rings. The Morgan fingerprint density at radius 3 is 2.00 bits per heavy atom. The molecule has 0 unspecified atom stereocenters. The molecule has 124 valence electrons. The Morgan fingerprint density at radius 2 is 1.45 bits per heavy atom. The lowest BCUT2D eigenvalue weighted by Gasteiger charge is -2.07. The minimum Gasteiger partial charge on any atom is -0.462 e. The highest BCUT2D eigenvalue weighted by atomic mass is 16.5. The van der Waals surface area contributed by atoms with Crippen LogP contribution in [0.2, 0.25) is 0 Å². The Labute approximate surface area is 136 Å². The largest absolute Gasteiger partial charge is 0.462 e. The van der Waals surface area contributed by atoms with E-state index < -0.39 is 0 Å². The minimum atomic E-state index is -0.196. The Morgan fingerprint density at radius 1 is 0.909 bits per heavy atom. The zero-order chi connectivity index (χ0) is 16.2. The molecule has 0 radical (unpaired) electrons. The van der Waals surface area contributed by atoms with E-state index in [2.05, 4.69) is 20.8 Å². The molecule has 2 heteroatoms. The summed E-state index contributed by atoms with van der Waals surface area (Å²) >= 11 is 0. The number of carbonyl (C=O) groups is 1. The lowest BCUT2D eigenvalue weighted by molar-refractivity contribution is 0.0497. The molecule has 0 aromatic heterocycles.